The lowest BCUT2D eigenvalue weighted by atomic mass is 9.92. The highest BCUT2D eigenvalue weighted by atomic mass is 16.2. The molecule has 0 radical (unpaired) electrons. The summed E-state index contributed by atoms with van der Waals surface area (Å²) < 4.78 is 0. The first kappa shape index (κ1) is 9.56. The van der Waals surface area contributed by atoms with Crippen molar-refractivity contribution in [2.45, 2.75) is 33.6 Å². The van der Waals surface area contributed by atoms with E-state index in [4.69, 9.17) is 0 Å². The lowest BCUT2D eigenvalue weighted by Gasteiger charge is -2.17. The van der Waals surface area contributed by atoms with Gasteiger partial charge in [0.05, 0.1) is 0 Å². The summed E-state index contributed by atoms with van der Waals surface area (Å²) in [5.41, 5.74) is 0. The minimum absolute atomic E-state index is 0.233. The number of amides is 1. The number of carbonyl (C=O) groups excluding carboxylic acids is 1. The maximum atomic E-state index is 11.1. The van der Waals surface area contributed by atoms with Crippen LogP contribution in [0.15, 0.2) is 0 Å². The van der Waals surface area contributed by atoms with Gasteiger partial charge in [0, 0.05) is 20.0 Å². The van der Waals surface area contributed by atoms with E-state index in [0.29, 0.717) is 0 Å². The fraction of sp³-hybridized carbons (Fsp3) is 0.900. The number of carbonyl (C=O) groups is 1. The quantitative estimate of drug-likeness (QED) is 0.542. The van der Waals surface area contributed by atoms with E-state index in [2.05, 4.69) is 13.8 Å². The van der Waals surface area contributed by atoms with Crippen LogP contribution in [-0.2, 0) is 4.79 Å². The predicted molar refractivity (Wildman–Crippen MR) is 49.8 cm³/mol. The second-order valence-corrected chi connectivity index (χ2v) is 4.04. The van der Waals surface area contributed by atoms with Crippen molar-refractivity contribution in [2.75, 3.05) is 13.1 Å². The van der Waals surface area contributed by atoms with E-state index in [1.165, 1.54) is 12.8 Å². The Bertz CT molecular complexity index is 155. The molecule has 1 heterocycles. The van der Waals surface area contributed by atoms with Crippen LogP contribution in [0.25, 0.3) is 0 Å². The third-order valence-corrected chi connectivity index (χ3v) is 3.13. The average molecular weight is 169 g/mol. The van der Waals surface area contributed by atoms with Gasteiger partial charge in [0.2, 0.25) is 5.91 Å². The normalized spacial score (nSPS) is 31.4. The van der Waals surface area contributed by atoms with Crippen LogP contribution in [0.2, 0.25) is 0 Å². The summed E-state index contributed by atoms with van der Waals surface area (Å²) in [4.78, 5) is 13.1. The highest BCUT2D eigenvalue weighted by Crippen LogP contribution is 2.22. The van der Waals surface area contributed by atoms with Crippen molar-refractivity contribution in [2.24, 2.45) is 11.8 Å². The molecule has 0 aromatic rings. The minimum Gasteiger partial charge on any atom is -0.343 e. The van der Waals surface area contributed by atoms with Gasteiger partial charge in [0.1, 0.15) is 0 Å². The van der Waals surface area contributed by atoms with Crippen molar-refractivity contribution in [3.8, 4) is 0 Å². The van der Waals surface area contributed by atoms with Gasteiger partial charge < -0.3 is 4.90 Å². The zero-order valence-electron chi connectivity index (χ0n) is 8.34. The van der Waals surface area contributed by atoms with Crippen LogP contribution in [0.1, 0.15) is 33.6 Å². The first-order chi connectivity index (χ1) is 5.61. The molecule has 2 unspecified atom stereocenters. The van der Waals surface area contributed by atoms with Crippen LogP contribution in [0.3, 0.4) is 0 Å². The molecule has 1 saturated heterocycles. The molecule has 70 valence electrons. The Morgan fingerprint density at radius 1 is 1.17 bits per heavy atom. The monoisotopic (exact) mass is 169 g/mol. The fourth-order valence-corrected chi connectivity index (χ4v) is 1.71. The highest BCUT2D eigenvalue weighted by molar-refractivity contribution is 5.73. The molecule has 2 atom stereocenters. The standard InChI is InChI=1S/C10H19NO/c1-8-4-6-11(10(3)12)7-5-9(8)2/h8-9H,4-7H2,1-3H3. The maximum absolute atomic E-state index is 11.1. The van der Waals surface area contributed by atoms with Crippen LogP contribution in [0, 0.1) is 11.8 Å². The topological polar surface area (TPSA) is 20.3 Å². The second-order valence-electron chi connectivity index (χ2n) is 4.04. The molecule has 0 saturated carbocycles. The number of likely N-dealkylation sites (tertiary alicyclic amines) is 1. The molecule has 1 aliphatic heterocycles. The second kappa shape index (κ2) is 3.92. The SMILES string of the molecule is CC(=O)N1CCC(C)C(C)CC1. The summed E-state index contributed by atoms with van der Waals surface area (Å²) >= 11 is 0. The van der Waals surface area contributed by atoms with Crippen LogP contribution in [-0.4, -0.2) is 23.9 Å². The summed E-state index contributed by atoms with van der Waals surface area (Å²) in [6.45, 7) is 8.16. The van der Waals surface area contributed by atoms with E-state index in [1.807, 2.05) is 4.90 Å². The van der Waals surface area contributed by atoms with Crippen molar-refractivity contribution in [3.63, 3.8) is 0 Å². The molecule has 1 rings (SSSR count). The summed E-state index contributed by atoms with van der Waals surface area (Å²) in [7, 11) is 0. The van der Waals surface area contributed by atoms with Crippen molar-refractivity contribution >= 4 is 5.91 Å². The maximum Gasteiger partial charge on any atom is 0.219 e. The Morgan fingerprint density at radius 3 is 1.92 bits per heavy atom. The van der Waals surface area contributed by atoms with Gasteiger partial charge in [0.15, 0.2) is 0 Å². The largest absolute Gasteiger partial charge is 0.343 e. The molecule has 0 N–H and O–H groups in total. The van der Waals surface area contributed by atoms with Crippen LogP contribution in [0.4, 0.5) is 0 Å². The van der Waals surface area contributed by atoms with Crippen molar-refractivity contribution in [3.05, 3.63) is 0 Å². The van der Waals surface area contributed by atoms with Gasteiger partial charge in [-0.1, -0.05) is 13.8 Å². The summed E-state index contributed by atoms with van der Waals surface area (Å²) in [6.07, 6.45) is 2.33. The highest BCUT2D eigenvalue weighted by Gasteiger charge is 2.20. The smallest absolute Gasteiger partial charge is 0.219 e. The average Bonchev–Trinajstić information content (AvgIpc) is 2.16. The third-order valence-electron chi connectivity index (χ3n) is 3.13. The van der Waals surface area contributed by atoms with E-state index >= 15 is 0 Å². The minimum atomic E-state index is 0.233. The Morgan fingerprint density at radius 2 is 1.58 bits per heavy atom. The number of rotatable bonds is 0. The van der Waals surface area contributed by atoms with E-state index in [1.54, 1.807) is 6.92 Å². The molecule has 2 nitrogen and oxygen atoms in total. The number of hydrogen-bond donors (Lipinski definition) is 0. The van der Waals surface area contributed by atoms with E-state index in [-0.39, 0.29) is 5.91 Å². The van der Waals surface area contributed by atoms with Gasteiger partial charge >= 0.3 is 0 Å². The van der Waals surface area contributed by atoms with Crippen molar-refractivity contribution in [1.82, 2.24) is 4.90 Å². The molecular formula is C10H19NO. The van der Waals surface area contributed by atoms with Gasteiger partial charge in [-0.2, -0.15) is 0 Å². The van der Waals surface area contributed by atoms with Gasteiger partial charge in [-0.05, 0) is 24.7 Å². The van der Waals surface area contributed by atoms with Gasteiger partial charge in [-0.3, -0.25) is 4.79 Å². The molecular weight excluding hydrogens is 150 g/mol. The van der Waals surface area contributed by atoms with E-state index in [0.717, 1.165) is 24.9 Å². The molecule has 0 spiro atoms. The van der Waals surface area contributed by atoms with Gasteiger partial charge in [-0.15, -0.1) is 0 Å². The Hall–Kier alpha value is -0.530. The molecule has 1 aliphatic rings. The molecule has 2 heteroatoms. The first-order valence-electron chi connectivity index (χ1n) is 4.86. The fourth-order valence-electron chi connectivity index (χ4n) is 1.71. The predicted octanol–water partition coefficient (Wildman–Crippen LogP) is 1.90. The zero-order valence-corrected chi connectivity index (χ0v) is 8.34. The van der Waals surface area contributed by atoms with E-state index in [9.17, 15) is 4.79 Å². The summed E-state index contributed by atoms with van der Waals surface area (Å²) in [5, 5.41) is 0. The van der Waals surface area contributed by atoms with Gasteiger partial charge in [0.25, 0.3) is 0 Å². The van der Waals surface area contributed by atoms with Crippen LogP contribution in [0.5, 0.6) is 0 Å². The summed E-state index contributed by atoms with van der Waals surface area (Å²) in [6, 6.07) is 0. The van der Waals surface area contributed by atoms with Crippen molar-refractivity contribution < 1.29 is 4.79 Å². The van der Waals surface area contributed by atoms with Crippen LogP contribution < -0.4 is 0 Å². The molecule has 12 heavy (non-hydrogen) atoms. The summed E-state index contributed by atoms with van der Waals surface area (Å²) in [5.74, 6) is 1.78. The molecule has 1 fully saturated rings. The molecule has 0 aromatic heterocycles. The van der Waals surface area contributed by atoms with Crippen LogP contribution >= 0.6 is 0 Å². The molecule has 0 aliphatic carbocycles. The Balaban J connectivity index is 2.49. The lowest BCUT2D eigenvalue weighted by Crippen LogP contribution is -2.29. The van der Waals surface area contributed by atoms with E-state index < -0.39 is 0 Å². The number of hydrogen-bond acceptors (Lipinski definition) is 1. The van der Waals surface area contributed by atoms with Crippen molar-refractivity contribution in [1.29, 1.82) is 0 Å². The number of nitrogens with zero attached hydrogens (tertiary/aromatic N) is 1. The molecule has 0 aromatic carbocycles. The molecule has 1 amide bonds. The Labute approximate surface area is 74.9 Å². The molecule has 0 bridgehead atoms. The third kappa shape index (κ3) is 2.23. The zero-order chi connectivity index (χ0) is 9.14. The lowest BCUT2D eigenvalue weighted by molar-refractivity contribution is -0.128. The Kier molecular flexibility index (Phi) is 3.12. The first-order valence-corrected chi connectivity index (χ1v) is 4.86. The van der Waals surface area contributed by atoms with Gasteiger partial charge in [-0.25, -0.2) is 0 Å².